The van der Waals surface area contributed by atoms with E-state index in [-0.39, 0.29) is 56.9 Å². The topological polar surface area (TPSA) is 152 Å². The van der Waals surface area contributed by atoms with Crippen molar-refractivity contribution in [2.24, 2.45) is 0 Å². The van der Waals surface area contributed by atoms with Crippen LogP contribution in [0.1, 0.15) is 5.56 Å². The van der Waals surface area contributed by atoms with Gasteiger partial charge in [0, 0.05) is 23.3 Å². The second kappa shape index (κ2) is 7.63. The van der Waals surface area contributed by atoms with Gasteiger partial charge >= 0.3 is 0 Å². The van der Waals surface area contributed by atoms with Gasteiger partial charge in [0.2, 0.25) is 5.43 Å². The highest BCUT2D eigenvalue weighted by atomic mass is 16.3. The third-order valence-corrected chi connectivity index (χ3v) is 4.39. The average Bonchev–Trinajstić information content (AvgIpc) is 2.65. The van der Waals surface area contributed by atoms with Crippen molar-refractivity contribution in [1.82, 2.24) is 0 Å². The molecule has 0 saturated carbocycles. The number of hydrogen-bond donors (Lipinski definition) is 6. The molecule has 6 N–H and O–H groups in total. The lowest BCUT2D eigenvalue weighted by molar-refractivity contribution is 0.276. The van der Waals surface area contributed by atoms with Gasteiger partial charge in [0.25, 0.3) is 0 Å². The van der Waals surface area contributed by atoms with Gasteiger partial charge in [0.1, 0.15) is 40.2 Å². The van der Waals surface area contributed by atoms with Crippen LogP contribution in [0.2, 0.25) is 0 Å². The van der Waals surface area contributed by atoms with Crippen LogP contribution in [0.3, 0.4) is 0 Å². The highest BCUT2D eigenvalue weighted by molar-refractivity contribution is 5.90. The van der Waals surface area contributed by atoms with Gasteiger partial charge in [-0.05, 0) is 24.1 Å². The van der Waals surface area contributed by atoms with Gasteiger partial charge in [-0.2, -0.15) is 0 Å². The van der Waals surface area contributed by atoms with Crippen molar-refractivity contribution < 1.29 is 35.1 Å². The number of allylic oxidation sites excluding steroid dienone is 1. The third-order valence-electron chi connectivity index (χ3n) is 4.39. The van der Waals surface area contributed by atoms with E-state index in [2.05, 4.69) is 0 Å². The zero-order chi connectivity index (χ0) is 20.4. The number of phenolic OH excluding ortho intramolecular Hbond substituents is 4. The number of aliphatic hydroxyl groups is 2. The summed E-state index contributed by atoms with van der Waals surface area (Å²) >= 11 is 0. The summed E-state index contributed by atoms with van der Waals surface area (Å²) < 4.78 is 5.36. The van der Waals surface area contributed by atoms with E-state index < -0.39 is 24.4 Å². The molecule has 0 atom stereocenters. The maximum absolute atomic E-state index is 12.9. The number of fused-ring (bicyclic) bond motifs is 1. The quantitative estimate of drug-likeness (QED) is 0.363. The second-order valence-electron chi connectivity index (χ2n) is 6.16. The molecular formula is C20H18O8. The fourth-order valence-electron chi connectivity index (χ4n) is 2.86. The molecule has 146 valence electrons. The Hall–Kier alpha value is -3.49. The summed E-state index contributed by atoms with van der Waals surface area (Å²) in [7, 11) is 0. The number of benzene rings is 2. The Bertz CT molecular complexity index is 1120. The average molecular weight is 386 g/mol. The lowest BCUT2D eigenvalue weighted by Gasteiger charge is -2.11. The first-order valence-corrected chi connectivity index (χ1v) is 8.28. The molecule has 0 bridgehead atoms. The van der Waals surface area contributed by atoms with Gasteiger partial charge in [0.05, 0.1) is 18.8 Å². The van der Waals surface area contributed by atoms with Crippen LogP contribution in [0.5, 0.6) is 23.0 Å². The SMILES string of the molecule is O=c1c(-c2ccc(O)cc2O)coc2cc(O)c(CC=C(CO)CO)c(O)c12. The monoisotopic (exact) mass is 386 g/mol. The maximum atomic E-state index is 12.9. The Labute approximate surface area is 158 Å². The summed E-state index contributed by atoms with van der Waals surface area (Å²) in [6, 6.07) is 4.87. The lowest BCUT2D eigenvalue weighted by atomic mass is 10.0. The van der Waals surface area contributed by atoms with Crippen LogP contribution in [-0.2, 0) is 6.42 Å². The Morgan fingerprint density at radius 3 is 2.32 bits per heavy atom. The largest absolute Gasteiger partial charge is 0.508 e. The summed E-state index contributed by atoms with van der Waals surface area (Å²) in [4.78, 5) is 12.9. The van der Waals surface area contributed by atoms with Crippen LogP contribution in [-0.4, -0.2) is 43.9 Å². The van der Waals surface area contributed by atoms with E-state index in [4.69, 9.17) is 14.6 Å². The molecule has 3 aromatic rings. The van der Waals surface area contributed by atoms with Crippen molar-refractivity contribution in [1.29, 1.82) is 0 Å². The van der Waals surface area contributed by atoms with E-state index in [0.717, 1.165) is 12.3 Å². The molecule has 0 aliphatic rings. The summed E-state index contributed by atoms with van der Waals surface area (Å²) in [5.41, 5.74) is -0.335. The molecule has 28 heavy (non-hydrogen) atoms. The number of rotatable bonds is 5. The fourth-order valence-corrected chi connectivity index (χ4v) is 2.86. The third kappa shape index (κ3) is 3.38. The molecule has 0 fully saturated rings. The number of aromatic hydroxyl groups is 4. The molecule has 0 aliphatic heterocycles. The maximum Gasteiger partial charge on any atom is 0.204 e. The van der Waals surface area contributed by atoms with E-state index in [1.165, 1.54) is 24.3 Å². The van der Waals surface area contributed by atoms with Gasteiger partial charge in [-0.1, -0.05) is 6.08 Å². The van der Waals surface area contributed by atoms with E-state index in [1.807, 2.05) is 0 Å². The molecule has 0 radical (unpaired) electrons. The molecule has 2 aromatic carbocycles. The minimum Gasteiger partial charge on any atom is -0.508 e. The van der Waals surface area contributed by atoms with E-state index in [1.54, 1.807) is 0 Å². The number of aliphatic hydroxyl groups excluding tert-OH is 2. The molecule has 0 aliphatic carbocycles. The molecule has 0 unspecified atom stereocenters. The summed E-state index contributed by atoms with van der Waals surface area (Å²) in [6.45, 7) is -0.782. The van der Waals surface area contributed by atoms with Crippen molar-refractivity contribution in [3.63, 3.8) is 0 Å². The highest BCUT2D eigenvalue weighted by Crippen LogP contribution is 2.37. The Balaban J connectivity index is 2.21. The summed E-state index contributed by atoms with van der Waals surface area (Å²) in [5.74, 6) is -1.35. The van der Waals surface area contributed by atoms with Crippen molar-refractivity contribution in [3.8, 4) is 34.1 Å². The predicted octanol–water partition coefficient (Wildman–Crippen LogP) is 1.74. The molecule has 0 amide bonds. The van der Waals surface area contributed by atoms with Gasteiger partial charge in [-0.25, -0.2) is 0 Å². The Morgan fingerprint density at radius 2 is 1.68 bits per heavy atom. The minimum absolute atomic E-state index is 0.0197. The molecule has 1 aromatic heterocycles. The van der Waals surface area contributed by atoms with Gasteiger partial charge < -0.3 is 35.1 Å². The van der Waals surface area contributed by atoms with Crippen molar-refractivity contribution >= 4 is 11.0 Å². The van der Waals surface area contributed by atoms with Crippen molar-refractivity contribution in [2.75, 3.05) is 13.2 Å². The zero-order valence-corrected chi connectivity index (χ0v) is 14.6. The standard InChI is InChI=1S/C20H18O8/c21-7-10(8-22)1-3-13-16(25)6-17-18(19(13)26)20(27)14(9-28-17)12-4-2-11(23)5-15(12)24/h1-2,4-6,9,21-26H,3,7-8H2. The molecule has 1 heterocycles. The van der Waals surface area contributed by atoms with Crippen LogP contribution >= 0.6 is 0 Å². The first-order chi connectivity index (χ1) is 13.4. The lowest BCUT2D eigenvalue weighted by Crippen LogP contribution is -2.06. The van der Waals surface area contributed by atoms with Crippen LogP contribution in [0, 0.1) is 0 Å². The second-order valence-corrected chi connectivity index (χ2v) is 6.16. The summed E-state index contributed by atoms with van der Waals surface area (Å²) in [6.07, 6.45) is 2.47. The van der Waals surface area contributed by atoms with Crippen LogP contribution < -0.4 is 5.43 Å². The molecule has 0 saturated heterocycles. The number of phenols is 4. The fraction of sp³-hybridized carbons (Fsp3) is 0.150. The smallest absolute Gasteiger partial charge is 0.204 e. The van der Waals surface area contributed by atoms with E-state index in [0.29, 0.717) is 0 Å². The molecule has 0 spiro atoms. The summed E-state index contributed by atoms with van der Waals surface area (Å²) in [5, 5.41) is 58.2. The van der Waals surface area contributed by atoms with Gasteiger partial charge in [0.15, 0.2) is 0 Å². The van der Waals surface area contributed by atoms with Crippen molar-refractivity contribution in [3.05, 3.63) is 58.0 Å². The molecule has 8 heteroatoms. The predicted molar refractivity (Wildman–Crippen MR) is 101 cm³/mol. The molecule has 8 nitrogen and oxygen atoms in total. The number of hydrogen-bond acceptors (Lipinski definition) is 8. The normalized spacial score (nSPS) is 10.9. The van der Waals surface area contributed by atoms with Crippen molar-refractivity contribution in [2.45, 2.75) is 6.42 Å². The highest BCUT2D eigenvalue weighted by Gasteiger charge is 2.20. The zero-order valence-electron chi connectivity index (χ0n) is 14.6. The van der Waals surface area contributed by atoms with Crippen LogP contribution in [0.4, 0.5) is 0 Å². The van der Waals surface area contributed by atoms with E-state index in [9.17, 15) is 25.2 Å². The first-order valence-electron chi connectivity index (χ1n) is 8.28. The Kier molecular flexibility index (Phi) is 5.25. The first kappa shape index (κ1) is 19.3. The molecular weight excluding hydrogens is 368 g/mol. The van der Waals surface area contributed by atoms with Gasteiger partial charge in [-0.15, -0.1) is 0 Å². The van der Waals surface area contributed by atoms with Gasteiger partial charge in [-0.3, -0.25) is 4.79 Å². The minimum atomic E-state index is -0.644. The van der Waals surface area contributed by atoms with Crippen LogP contribution in [0.15, 0.2) is 51.4 Å². The molecule has 3 rings (SSSR count). The Morgan fingerprint density at radius 1 is 0.964 bits per heavy atom. The van der Waals surface area contributed by atoms with E-state index >= 15 is 0 Å². The van der Waals surface area contributed by atoms with Crippen LogP contribution in [0.25, 0.3) is 22.1 Å².